The lowest BCUT2D eigenvalue weighted by Crippen LogP contribution is -2.22. The Labute approximate surface area is 128 Å². The van der Waals surface area contributed by atoms with Crippen LogP contribution in [0.25, 0.3) is 0 Å². The van der Waals surface area contributed by atoms with Crippen LogP contribution in [0.15, 0.2) is 35.1 Å². The average Bonchev–Trinajstić information content (AvgIpc) is 2.83. The van der Waals surface area contributed by atoms with Crippen molar-refractivity contribution in [1.82, 2.24) is 14.9 Å². The number of hydrogen-bond acceptors (Lipinski definition) is 3. The second-order valence-electron chi connectivity index (χ2n) is 4.86. The predicted molar refractivity (Wildman–Crippen MR) is 86.8 cm³/mol. The van der Waals surface area contributed by atoms with Crippen LogP contribution in [0.4, 0.5) is 5.69 Å². The molecular weight excluding hydrogens is 316 g/mol. The summed E-state index contributed by atoms with van der Waals surface area (Å²) in [6.07, 6.45) is 3.81. The largest absolute Gasteiger partial charge is 0.367 e. The Morgan fingerprint density at radius 2 is 2.20 bits per heavy atom. The monoisotopic (exact) mass is 336 g/mol. The van der Waals surface area contributed by atoms with Crippen LogP contribution in [0.2, 0.25) is 0 Å². The topological polar surface area (TPSA) is 33.1 Å². The van der Waals surface area contributed by atoms with Gasteiger partial charge in [0.25, 0.3) is 0 Å². The Kier molecular flexibility index (Phi) is 5.20. The van der Waals surface area contributed by atoms with Gasteiger partial charge in [0.2, 0.25) is 0 Å². The second-order valence-corrected chi connectivity index (χ2v) is 5.78. The highest BCUT2D eigenvalue weighted by Gasteiger charge is 2.10. The van der Waals surface area contributed by atoms with Crippen LogP contribution in [-0.2, 0) is 20.1 Å². The Morgan fingerprint density at radius 3 is 2.85 bits per heavy atom. The number of nitrogens with one attached hydrogen (secondary N) is 1. The van der Waals surface area contributed by atoms with Crippen LogP contribution in [-0.4, -0.2) is 23.1 Å². The van der Waals surface area contributed by atoms with Gasteiger partial charge >= 0.3 is 0 Å². The van der Waals surface area contributed by atoms with Crippen molar-refractivity contribution in [2.45, 2.75) is 20.0 Å². The zero-order valence-corrected chi connectivity index (χ0v) is 13.8. The molecule has 1 aromatic carbocycles. The summed E-state index contributed by atoms with van der Waals surface area (Å²) < 4.78 is 3.15. The van der Waals surface area contributed by atoms with Crippen molar-refractivity contribution in [1.29, 1.82) is 0 Å². The molecule has 0 radical (unpaired) electrons. The quantitative estimate of drug-likeness (QED) is 0.880. The minimum Gasteiger partial charge on any atom is -0.367 e. The van der Waals surface area contributed by atoms with Crippen LogP contribution in [0.5, 0.6) is 0 Å². The smallest absolute Gasteiger partial charge is 0.127 e. The first-order chi connectivity index (χ1) is 9.61. The number of hydrogen-bond donors (Lipinski definition) is 1. The molecule has 5 heteroatoms. The van der Waals surface area contributed by atoms with E-state index in [9.17, 15) is 0 Å². The molecule has 0 aliphatic rings. The Balaban J connectivity index is 2.21. The van der Waals surface area contributed by atoms with Crippen molar-refractivity contribution in [2.24, 2.45) is 7.05 Å². The van der Waals surface area contributed by atoms with Gasteiger partial charge in [0.1, 0.15) is 5.82 Å². The van der Waals surface area contributed by atoms with E-state index in [2.05, 4.69) is 67.9 Å². The number of nitrogens with zero attached hydrogens (tertiary/aromatic N) is 3. The number of benzene rings is 1. The summed E-state index contributed by atoms with van der Waals surface area (Å²) in [5, 5.41) is 3.39. The highest BCUT2D eigenvalue weighted by atomic mass is 79.9. The van der Waals surface area contributed by atoms with Crippen molar-refractivity contribution < 1.29 is 0 Å². The maximum absolute atomic E-state index is 4.39. The van der Waals surface area contributed by atoms with E-state index in [1.165, 1.54) is 11.3 Å². The van der Waals surface area contributed by atoms with E-state index in [4.69, 9.17) is 0 Å². The van der Waals surface area contributed by atoms with Crippen LogP contribution in [0, 0.1) is 0 Å². The number of aromatic nitrogens is 2. The number of halogens is 1. The van der Waals surface area contributed by atoms with E-state index in [0.29, 0.717) is 0 Å². The van der Waals surface area contributed by atoms with E-state index in [1.54, 1.807) is 0 Å². The van der Waals surface area contributed by atoms with E-state index >= 15 is 0 Å². The van der Waals surface area contributed by atoms with Crippen molar-refractivity contribution in [2.75, 3.05) is 18.5 Å². The molecule has 0 spiro atoms. The molecule has 1 N–H and O–H groups in total. The van der Waals surface area contributed by atoms with Crippen molar-refractivity contribution in [3.63, 3.8) is 0 Å². The van der Waals surface area contributed by atoms with Crippen LogP contribution in [0.3, 0.4) is 0 Å². The molecule has 4 nitrogen and oxygen atoms in total. The van der Waals surface area contributed by atoms with Gasteiger partial charge in [0.15, 0.2) is 0 Å². The highest BCUT2D eigenvalue weighted by molar-refractivity contribution is 9.10. The summed E-state index contributed by atoms with van der Waals surface area (Å²) in [6, 6.07) is 6.41. The number of anilines is 1. The second kappa shape index (κ2) is 6.90. The molecule has 1 heterocycles. The maximum atomic E-state index is 4.39. The first kappa shape index (κ1) is 15.1. The Bertz CT molecular complexity index is 565. The van der Waals surface area contributed by atoms with Gasteiger partial charge in [-0.05, 0) is 24.2 Å². The molecule has 2 rings (SSSR count). The van der Waals surface area contributed by atoms with Crippen LogP contribution in [0.1, 0.15) is 18.3 Å². The first-order valence-corrected chi connectivity index (χ1v) is 7.57. The summed E-state index contributed by atoms with van der Waals surface area (Å²) in [4.78, 5) is 6.63. The molecule has 0 bridgehead atoms. The number of rotatable bonds is 6. The molecule has 20 heavy (non-hydrogen) atoms. The van der Waals surface area contributed by atoms with Gasteiger partial charge in [-0.15, -0.1) is 0 Å². The fraction of sp³-hybridized carbons (Fsp3) is 0.400. The number of aryl methyl sites for hydroxylation is 1. The molecule has 0 fully saturated rings. The SMILES string of the molecule is CCNCc1ccc(Br)cc1N(C)Cc1nccn1C. The summed E-state index contributed by atoms with van der Waals surface area (Å²) >= 11 is 3.56. The molecule has 1 aromatic heterocycles. The normalized spacial score (nSPS) is 10.8. The molecule has 0 saturated carbocycles. The maximum Gasteiger partial charge on any atom is 0.127 e. The number of imidazole rings is 1. The Morgan fingerprint density at radius 1 is 1.40 bits per heavy atom. The third kappa shape index (κ3) is 3.61. The molecule has 0 saturated heterocycles. The van der Waals surface area contributed by atoms with Crippen LogP contribution < -0.4 is 10.2 Å². The van der Waals surface area contributed by atoms with E-state index in [0.717, 1.165) is 29.9 Å². The standard InChI is InChI=1S/C15H21BrN4/c1-4-17-10-12-5-6-13(16)9-14(12)20(3)11-15-18-7-8-19(15)2/h5-9,17H,4,10-11H2,1-3H3. The van der Waals surface area contributed by atoms with Gasteiger partial charge in [-0.3, -0.25) is 0 Å². The fourth-order valence-corrected chi connectivity index (χ4v) is 2.50. The van der Waals surface area contributed by atoms with Gasteiger partial charge in [-0.2, -0.15) is 0 Å². The molecule has 0 aliphatic heterocycles. The van der Waals surface area contributed by atoms with E-state index in [-0.39, 0.29) is 0 Å². The van der Waals surface area contributed by atoms with Crippen molar-refractivity contribution in [3.05, 3.63) is 46.5 Å². The lowest BCUT2D eigenvalue weighted by Gasteiger charge is -2.23. The van der Waals surface area contributed by atoms with Crippen LogP contribution >= 0.6 is 15.9 Å². The van der Waals surface area contributed by atoms with E-state index < -0.39 is 0 Å². The van der Waals surface area contributed by atoms with Gasteiger partial charge in [0.05, 0.1) is 6.54 Å². The zero-order valence-electron chi connectivity index (χ0n) is 12.2. The molecule has 0 unspecified atom stereocenters. The van der Waals surface area contributed by atoms with Gasteiger partial charge < -0.3 is 14.8 Å². The molecule has 2 aromatic rings. The van der Waals surface area contributed by atoms with Gasteiger partial charge in [-0.25, -0.2) is 4.98 Å². The highest BCUT2D eigenvalue weighted by Crippen LogP contribution is 2.25. The zero-order chi connectivity index (χ0) is 14.5. The minimum atomic E-state index is 0.791. The average molecular weight is 337 g/mol. The van der Waals surface area contributed by atoms with Crippen molar-refractivity contribution >= 4 is 21.6 Å². The fourth-order valence-electron chi connectivity index (χ4n) is 2.15. The summed E-state index contributed by atoms with van der Waals surface area (Å²) in [6.45, 7) is 4.76. The lowest BCUT2D eigenvalue weighted by atomic mass is 10.1. The third-order valence-electron chi connectivity index (χ3n) is 3.32. The van der Waals surface area contributed by atoms with Crippen molar-refractivity contribution in [3.8, 4) is 0 Å². The molecular formula is C15H21BrN4. The Hall–Kier alpha value is -1.33. The summed E-state index contributed by atoms with van der Waals surface area (Å²) in [7, 11) is 4.13. The summed E-state index contributed by atoms with van der Waals surface area (Å²) in [5.74, 6) is 1.06. The lowest BCUT2D eigenvalue weighted by molar-refractivity contribution is 0.716. The summed E-state index contributed by atoms with van der Waals surface area (Å²) in [5.41, 5.74) is 2.52. The molecule has 0 aliphatic carbocycles. The third-order valence-corrected chi connectivity index (χ3v) is 3.82. The predicted octanol–water partition coefficient (Wildman–Crippen LogP) is 2.93. The molecule has 0 amide bonds. The molecule has 108 valence electrons. The first-order valence-electron chi connectivity index (χ1n) is 6.78. The molecule has 0 atom stereocenters. The minimum absolute atomic E-state index is 0.791. The van der Waals surface area contributed by atoms with Gasteiger partial charge in [0, 0.05) is 43.2 Å². The van der Waals surface area contributed by atoms with Gasteiger partial charge in [-0.1, -0.05) is 28.9 Å². The van der Waals surface area contributed by atoms with E-state index in [1.807, 2.05) is 19.4 Å².